The first-order valence-electron chi connectivity index (χ1n) is 9.55. The van der Waals surface area contributed by atoms with E-state index in [4.69, 9.17) is 0 Å². The Kier molecular flexibility index (Phi) is 4.50. The summed E-state index contributed by atoms with van der Waals surface area (Å²) in [6.45, 7) is 6.03. The zero-order chi connectivity index (χ0) is 19.3. The number of fused-ring (bicyclic) bond motifs is 1. The zero-order valence-electron chi connectivity index (χ0n) is 15.5. The summed E-state index contributed by atoms with van der Waals surface area (Å²) in [5, 5.41) is 5.67. The molecular weight excluding hydrogens is 349 g/mol. The summed E-state index contributed by atoms with van der Waals surface area (Å²) in [5.41, 5.74) is 1.81. The van der Waals surface area contributed by atoms with E-state index in [-0.39, 0.29) is 48.4 Å². The van der Waals surface area contributed by atoms with Crippen LogP contribution in [0.5, 0.6) is 0 Å². The maximum atomic E-state index is 14.9. The molecule has 3 unspecified atom stereocenters. The van der Waals surface area contributed by atoms with Gasteiger partial charge in [0, 0.05) is 18.5 Å². The number of amides is 3. The Morgan fingerprint density at radius 3 is 2.48 bits per heavy atom. The molecule has 144 valence electrons. The van der Waals surface area contributed by atoms with E-state index in [9.17, 15) is 18.8 Å². The highest BCUT2D eigenvalue weighted by Gasteiger charge is 2.42. The average Bonchev–Trinajstić information content (AvgIpc) is 2.93. The normalized spacial score (nSPS) is 31.1. The van der Waals surface area contributed by atoms with Gasteiger partial charge < -0.3 is 10.2 Å². The summed E-state index contributed by atoms with van der Waals surface area (Å²) in [5.74, 6) is -0.783. The Labute approximate surface area is 157 Å². The molecule has 2 N–H and O–H groups in total. The van der Waals surface area contributed by atoms with E-state index in [0.29, 0.717) is 23.1 Å². The van der Waals surface area contributed by atoms with E-state index in [0.717, 1.165) is 13.1 Å². The van der Waals surface area contributed by atoms with Gasteiger partial charge >= 0.3 is 0 Å². The number of hydrogen-bond acceptors (Lipinski definition) is 4. The number of rotatable bonds is 2. The van der Waals surface area contributed by atoms with E-state index in [2.05, 4.69) is 24.5 Å². The molecule has 0 bridgehead atoms. The van der Waals surface area contributed by atoms with Gasteiger partial charge in [0.2, 0.25) is 11.8 Å². The quantitative estimate of drug-likeness (QED) is 0.771. The summed E-state index contributed by atoms with van der Waals surface area (Å²) >= 11 is 0. The van der Waals surface area contributed by atoms with Crippen LogP contribution in [0, 0.1) is 17.7 Å². The molecule has 3 atom stereocenters. The average molecular weight is 373 g/mol. The van der Waals surface area contributed by atoms with E-state index >= 15 is 0 Å². The Morgan fingerprint density at radius 1 is 1.11 bits per heavy atom. The molecule has 0 spiro atoms. The van der Waals surface area contributed by atoms with Crippen molar-refractivity contribution >= 4 is 17.7 Å². The molecule has 6 nitrogen and oxygen atoms in total. The number of halogens is 1. The highest BCUT2D eigenvalue weighted by molar-refractivity contribution is 6.05. The molecule has 4 rings (SSSR count). The summed E-state index contributed by atoms with van der Waals surface area (Å²) in [6, 6.07) is 2.22. The topological polar surface area (TPSA) is 78.5 Å². The molecule has 1 aromatic carbocycles. The summed E-state index contributed by atoms with van der Waals surface area (Å²) in [7, 11) is 0. The SMILES string of the molecule is CC1CNCC(C)C1c1c(F)ccc2c1CN(C1CCC(=O)NC1=O)C2=O. The molecule has 7 heteroatoms. The second-order valence-electron chi connectivity index (χ2n) is 8.03. The van der Waals surface area contributed by atoms with Crippen molar-refractivity contribution in [1.82, 2.24) is 15.5 Å². The first-order chi connectivity index (χ1) is 12.9. The van der Waals surface area contributed by atoms with Crippen LogP contribution in [0.1, 0.15) is 54.1 Å². The molecule has 0 radical (unpaired) electrons. The molecule has 0 aromatic heterocycles. The fraction of sp³-hybridized carbons (Fsp3) is 0.550. The zero-order valence-corrected chi connectivity index (χ0v) is 15.5. The van der Waals surface area contributed by atoms with Crippen LogP contribution < -0.4 is 10.6 Å². The fourth-order valence-electron chi connectivity index (χ4n) is 4.92. The van der Waals surface area contributed by atoms with Crippen LogP contribution in [0.15, 0.2) is 12.1 Å². The number of benzene rings is 1. The van der Waals surface area contributed by atoms with Crippen LogP contribution in [0.3, 0.4) is 0 Å². The van der Waals surface area contributed by atoms with Crippen LogP contribution in [0.4, 0.5) is 4.39 Å². The first kappa shape index (κ1) is 18.1. The molecule has 3 aliphatic rings. The monoisotopic (exact) mass is 373 g/mol. The Morgan fingerprint density at radius 2 is 1.81 bits per heavy atom. The molecule has 27 heavy (non-hydrogen) atoms. The van der Waals surface area contributed by atoms with Crippen LogP contribution in [-0.2, 0) is 16.1 Å². The molecule has 2 saturated heterocycles. The van der Waals surface area contributed by atoms with Gasteiger partial charge in [0.05, 0.1) is 0 Å². The minimum atomic E-state index is -0.679. The lowest BCUT2D eigenvalue weighted by atomic mass is 9.74. The molecule has 3 heterocycles. The van der Waals surface area contributed by atoms with Crippen LogP contribution in [0.25, 0.3) is 0 Å². The predicted molar refractivity (Wildman–Crippen MR) is 96.4 cm³/mol. The number of carbonyl (C=O) groups is 3. The Bertz CT molecular complexity index is 815. The number of nitrogens with one attached hydrogen (secondary N) is 2. The van der Waals surface area contributed by atoms with Crippen molar-refractivity contribution in [3.8, 4) is 0 Å². The second kappa shape index (κ2) is 6.71. The molecule has 2 fully saturated rings. The Hall–Kier alpha value is -2.28. The lowest BCUT2D eigenvalue weighted by Gasteiger charge is -2.37. The minimum absolute atomic E-state index is 0.0238. The van der Waals surface area contributed by atoms with Gasteiger partial charge in [-0.25, -0.2) is 4.39 Å². The maximum Gasteiger partial charge on any atom is 0.255 e. The second-order valence-corrected chi connectivity index (χ2v) is 8.03. The third-order valence-corrected chi connectivity index (χ3v) is 6.20. The smallest absolute Gasteiger partial charge is 0.255 e. The van der Waals surface area contributed by atoms with Gasteiger partial charge in [-0.2, -0.15) is 0 Å². The summed E-state index contributed by atoms with van der Waals surface area (Å²) in [4.78, 5) is 38.1. The fourth-order valence-corrected chi connectivity index (χ4v) is 4.92. The van der Waals surface area contributed by atoms with Gasteiger partial charge in [-0.1, -0.05) is 13.8 Å². The van der Waals surface area contributed by atoms with E-state index in [1.807, 2.05) is 0 Å². The third kappa shape index (κ3) is 2.94. The summed E-state index contributed by atoms with van der Waals surface area (Å²) < 4.78 is 14.9. The van der Waals surface area contributed by atoms with E-state index < -0.39 is 11.9 Å². The molecular formula is C20H24FN3O3. The molecule has 0 aliphatic carbocycles. The van der Waals surface area contributed by atoms with Crippen LogP contribution >= 0.6 is 0 Å². The molecule has 3 aliphatic heterocycles. The first-order valence-corrected chi connectivity index (χ1v) is 9.55. The maximum absolute atomic E-state index is 14.9. The van der Waals surface area contributed by atoms with Gasteiger partial charge in [-0.15, -0.1) is 0 Å². The van der Waals surface area contributed by atoms with E-state index in [1.54, 1.807) is 0 Å². The molecule has 3 amide bonds. The number of nitrogens with zero attached hydrogens (tertiary/aromatic N) is 1. The van der Waals surface area contributed by atoms with Crippen molar-refractivity contribution in [2.24, 2.45) is 11.8 Å². The number of hydrogen-bond donors (Lipinski definition) is 2. The third-order valence-electron chi connectivity index (χ3n) is 6.20. The van der Waals surface area contributed by atoms with Crippen molar-refractivity contribution in [2.75, 3.05) is 13.1 Å². The van der Waals surface area contributed by atoms with Crippen molar-refractivity contribution in [3.05, 3.63) is 34.6 Å². The number of imide groups is 1. The highest BCUT2D eigenvalue weighted by Crippen LogP contribution is 2.41. The van der Waals surface area contributed by atoms with Crippen molar-refractivity contribution in [3.63, 3.8) is 0 Å². The van der Waals surface area contributed by atoms with Gasteiger partial charge in [0.1, 0.15) is 11.9 Å². The molecule has 1 aromatic rings. The lowest BCUT2D eigenvalue weighted by Crippen LogP contribution is -2.52. The molecule has 0 saturated carbocycles. The minimum Gasteiger partial charge on any atom is -0.322 e. The van der Waals surface area contributed by atoms with Crippen molar-refractivity contribution < 1.29 is 18.8 Å². The highest BCUT2D eigenvalue weighted by atomic mass is 19.1. The van der Waals surface area contributed by atoms with Gasteiger partial charge in [0.25, 0.3) is 5.91 Å². The number of piperidine rings is 2. The lowest BCUT2D eigenvalue weighted by molar-refractivity contribution is -0.136. The number of carbonyl (C=O) groups excluding carboxylic acids is 3. The van der Waals surface area contributed by atoms with Gasteiger partial charge in [0.15, 0.2) is 0 Å². The largest absolute Gasteiger partial charge is 0.322 e. The van der Waals surface area contributed by atoms with Gasteiger partial charge in [-0.3, -0.25) is 19.7 Å². The van der Waals surface area contributed by atoms with Crippen LogP contribution in [-0.4, -0.2) is 41.8 Å². The predicted octanol–water partition coefficient (Wildman–Crippen LogP) is 1.55. The Balaban J connectivity index is 1.71. The standard InChI is InChI=1S/C20H24FN3O3/c1-10-7-22-8-11(2)17(10)18-13-9-24(15-5-6-16(25)23-19(15)26)20(27)12(13)3-4-14(18)21/h3-4,10-11,15,17,22H,5-9H2,1-2H3,(H,23,25,26). The van der Waals surface area contributed by atoms with E-state index in [1.165, 1.54) is 17.0 Å². The van der Waals surface area contributed by atoms with Crippen molar-refractivity contribution in [2.45, 2.75) is 45.2 Å². The summed E-state index contributed by atoms with van der Waals surface area (Å²) in [6.07, 6.45) is 0.516. The van der Waals surface area contributed by atoms with Crippen LogP contribution in [0.2, 0.25) is 0 Å². The van der Waals surface area contributed by atoms with Crippen molar-refractivity contribution in [1.29, 1.82) is 0 Å². The van der Waals surface area contributed by atoms with Gasteiger partial charge in [-0.05, 0) is 60.5 Å².